The Morgan fingerprint density at radius 2 is 1.58 bits per heavy atom. The zero-order valence-corrected chi connectivity index (χ0v) is 31.0. The molecule has 0 amide bonds. The third-order valence-corrected chi connectivity index (χ3v) is 11.0. The number of aromatic amines is 3. The molecule has 12 nitrogen and oxygen atoms in total. The first-order valence-corrected chi connectivity index (χ1v) is 17.4. The summed E-state index contributed by atoms with van der Waals surface area (Å²) in [4.78, 5) is 66.8. The number of H-pyrrole nitrogens is 3. The molecule has 276 valence electrons. The summed E-state index contributed by atoms with van der Waals surface area (Å²) in [5.74, 6) is -3.62. The average Bonchev–Trinajstić information content (AvgIpc) is 3.79. The molecule has 0 saturated carbocycles. The van der Waals surface area contributed by atoms with Crippen molar-refractivity contribution < 1.29 is 38.5 Å². The maximum Gasteiger partial charge on any atom is 0.334 e. The number of allylic oxidation sites excluding steroid dienone is 3. The van der Waals surface area contributed by atoms with Gasteiger partial charge >= 0.3 is 23.9 Å². The van der Waals surface area contributed by atoms with Crippen LogP contribution in [0.4, 0.5) is 0 Å². The second-order valence-corrected chi connectivity index (χ2v) is 13.8. The molecule has 0 fully saturated rings. The van der Waals surface area contributed by atoms with Crippen molar-refractivity contribution in [1.29, 1.82) is 0 Å². The first-order chi connectivity index (χ1) is 25.3. The van der Waals surface area contributed by atoms with Crippen molar-refractivity contribution in [2.45, 2.75) is 59.8 Å². The lowest BCUT2D eigenvalue weighted by atomic mass is 9.63. The molecule has 0 aromatic carbocycles. The molecule has 3 aromatic heterocycles. The van der Waals surface area contributed by atoms with Crippen LogP contribution in [0.25, 0.3) is 24.3 Å². The summed E-state index contributed by atoms with van der Waals surface area (Å²) in [6, 6.07) is 0. The number of nitrogens with zero attached hydrogens (tertiary/aromatic N) is 1. The second-order valence-electron chi connectivity index (χ2n) is 13.8. The Morgan fingerprint density at radius 3 is 2.25 bits per heavy atom. The first-order valence-electron chi connectivity index (χ1n) is 17.4. The van der Waals surface area contributed by atoms with Gasteiger partial charge in [0.2, 0.25) is 0 Å². The van der Waals surface area contributed by atoms with E-state index >= 15 is 0 Å². The van der Waals surface area contributed by atoms with E-state index in [1.54, 1.807) is 6.08 Å². The Hall–Kier alpha value is -5.91. The van der Waals surface area contributed by atoms with E-state index < -0.39 is 29.2 Å². The van der Waals surface area contributed by atoms with Gasteiger partial charge in [0.15, 0.2) is 0 Å². The number of hydrogen-bond donors (Lipinski definition) is 4. The van der Waals surface area contributed by atoms with Crippen LogP contribution >= 0.6 is 0 Å². The van der Waals surface area contributed by atoms with Crippen molar-refractivity contribution in [1.82, 2.24) is 15.0 Å². The van der Waals surface area contributed by atoms with E-state index in [1.165, 1.54) is 21.3 Å². The molecule has 53 heavy (non-hydrogen) atoms. The van der Waals surface area contributed by atoms with Crippen LogP contribution in [0.3, 0.4) is 0 Å². The standard InChI is InChI=1S/C41H44N4O8/c1-9-23-20(2)29-17-34-27-13-10-26(39(49)52-7)38(40(50)53-8)41(27,5)35(45-34)19-30-22(4)24(11-14-36(46)47)32(44-30)18-33-25(12-15-37(48)51-6)21(3)28(43-33)16-31(23)42-29/h9-10,13,17-19,38,42-44H,1,11-12,14-16H2,2-8H3,(H,46,47). The summed E-state index contributed by atoms with van der Waals surface area (Å²) in [6.45, 7) is 11.9. The van der Waals surface area contributed by atoms with Crippen LogP contribution < -0.4 is 10.7 Å². The molecule has 2 aliphatic heterocycles. The molecule has 0 saturated heterocycles. The van der Waals surface area contributed by atoms with Gasteiger partial charge < -0.3 is 34.3 Å². The zero-order valence-electron chi connectivity index (χ0n) is 31.0. The van der Waals surface area contributed by atoms with E-state index in [9.17, 15) is 24.3 Å². The minimum absolute atomic E-state index is 0.0993. The van der Waals surface area contributed by atoms with Crippen molar-refractivity contribution >= 4 is 53.9 Å². The molecule has 3 aliphatic rings. The van der Waals surface area contributed by atoms with E-state index in [0.717, 1.165) is 56.2 Å². The first kappa shape index (κ1) is 36.9. The number of fused-ring (bicyclic) bond motifs is 10. The highest BCUT2D eigenvalue weighted by atomic mass is 16.5. The van der Waals surface area contributed by atoms with Gasteiger partial charge in [-0.15, -0.1) is 0 Å². The topological polar surface area (TPSA) is 176 Å². The summed E-state index contributed by atoms with van der Waals surface area (Å²) in [6.07, 6.45) is 12.2. The number of aromatic nitrogens is 3. The second kappa shape index (κ2) is 14.3. The number of hydrogen-bond acceptors (Lipinski definition) is 8. The number of carbonyl (C=O) groups excluding carboxylic acids is 3. The quantitative estimate of drug-likeness (QED) is 0.188. The Labute approximate surface area is 306 Å². The van der Waals surface area contributed by atoms with Crippen LogP contribution in [0.15, 0.2) is 40.6 Å². The number of aliphatic carboxylic acids is 1. The number of methoxy groups -OCH3 is 3. The number of carbonyl (C=O) groups is 4. The number of aliphatic imine (C=N–C) groups is 1. The van der Waals surface area contributed by atoms with E-state index in [4.69, 9.17) is 19.2 Å². The van der Waals surface area contributed by atoms with Gasteiger partial charge in [-0.3, -0.25) is 19.4 Å². The summed E-state index contributed by atoms with van der Waals surface area (Å²) in [7, 11) is 3.92. The van der Waals surface area contributed by atoms with Crippen molar-refractivity contribution in [3.63, 3.8) is 0 Å². The van der Waals surface area contributed by atoms with Gasteiger partial charge in [0.25, 0.3) is 0 Å². The van der Waals surface area contributed by atoms with Crippen molar-refractivity contribution in [3.8, 4) is 0 Å². The van der Waals surface area contributed by atoms with Crippen LogP contribution in [-0.4, -0.2) is 71.0 Å². The van der Waals surface area contributed by atoms with Crippen LogP contribution in [0.2, 0.25) is 0 Å². The van der Waals surface area contributed by atoms with Crippen LogP contribution in [0.5, 0.6) is 0 Å². The normalized spacial score (nSPS) is 18.7. The molecule has 12 heteroatoms. The lowest BCUT2D eigenvalue weighted by molar-refractivity contribution is -0.149. The summed E-state index contributed by atoms with van der Waals surface area (Å²) in [5, 5.41) is 11.0. The maximum atomic E-state index is 13.7. The molecule has 2 unspecified atom stereocenters. The molecule has 4 N–H and O–H groups in total. The number of carboxylic acids is 1. The maximum absolute atomic E-state index is 13.7. The number of rotatable bonds is 9. The third-order valence-electron chi connectivity index (χ3n) is 11.0. The van der Waals surface area contributed by atoms with E-state index in [2.05, 4.69) is 21.5 Å². The van der Waals surface area contributed by atoms with Crippen molar-refractivity contribution in [2.75, 3.05) is 21.3 Å². The number of nitrogens with one attached hydrogen (secondary N) is 3. The molecular weight excluding hydrogens is 676 g/mol. The number of ether oxygens (including phenoxy) is 3. The van der Waals surface area contributed by atoms with Gasteiger partial charge in [0, 0.05) is 52.7 Å². The van der Waals surface area contributed by atoms with E-state index in [1.807, 2.05) is 58.1 Å². The van der Waals surface area contributed by atoms with E-state index in [-0.39, 0.29) is 30.8 Å². The molecule has 6 rings (SSSR count). The molecule has 0 spiro atoms. The molecular formula is C41H44N4O8. The highest BCUT2D eigenvalue weighted by molar-refractivity contribution is 6.21. The highest BCUT2D eigenvalue weighted by Crippen LogP contribution is 2.52. The third kappa shape index (κ3) is 6.32. The zero-order chi connectivity index (χ0) is 38.4. The minimum Gasteiger partial charge on any atom is -0.481 e. The Kier molecular flexibility index (Phi) is 9.91. The molecule has 3 aromatic rings. The Balaban J connectivity index is 1.70. The van der Waals surface area contributed by atoms with Gasteiger partial charge in [-0.1, -0.05) is 24.8 Å². The number of esters is 3. The van der Waals surface area contributed by atoms with Gasteiger partial charge in [-0.2, -0.15) is 0 Å². The monoisotopic (exact) mass is 720 g/mol. The van der Waals surface area contributed by atoms with Gasteiger partial charge in [0.1, 0.15) is 5.92 Å². The molecule has 1 aliphatic carbocycles. The lowest BCUT2D eigenvalue weighted by Crippen LogP contribution is -2.44. The highest BCUT2D eigenvalue weighted by Gasteiger charge is 2.54. The predicted octanol–water partition coefficient (Wildman–Crippen LogP) is 4.21. The smallest absolute Gasteiger partial charge is 0.334 e. The fourth-order valence-corrected chi connectivity index (χ4v) is 7.95. The SMILES string of the molecule is C=Cc1c2[nH]c(c1C)C=C1N=C(C=c3[nH]c(c(CCC(=O)O)c3C)=Cc3[nH]c(c(C)c3CCC(=O)OC)C2)C2(C)C1=CC=C(C(=O)OC)C2C(=O)OC. The van der Waals surface area contributed by atoms with E-state index in [0.29, 0.717) is 40.5 Å². The van der Waals surface area contributed by atoms with Crippen LogP contribution in [0.1, 0.15) is 75.9 Å². The molecule has 8 bridgehead atoms. The summed E-state index contributed by atoms with van der Waals surface area (Å²) in [5.41, 5.74) is 9.69. The average molecular weight is 721 g/mol. The largest absolute Gasteiger partial charge is 0.481 e. The molecule has 5 heterocycles. The Bertz CT molecular complexity index is 2340. The minimum atomic E-state index is -1.16. The molecule has 0 radical (unpaired) electrons. The Morgan fingerprint density at radius 1 is 0.868 bits per heavy atom. The molecule has 2 atom stereocenters. The summed E-state index contributed by atoms with van der Waals surface area (Å²) >= 11 is 0. The van der Waals surface area contributed by atoms with Gasteiger partial charge in [-0.05, 0) is 97.7 Å². The van der Waals surface area contributed by atoms with Crippen LogP contribution in [0, 0.1) is 32.1 Å². The fraction of sp³-hybridized carbons (Fsp3) is 0.341. The fourth-order valence-electron chi connectivity index (χ4n) is 7.95. The van der Waals surface area contributed by atoms with Crippen molar-refractivity contribution in [2.24, 2.45) is 16.3 Å². The summed E-state index contributed by atoms with van der Waals surface area (Å²) < 4.78 is 15.4. The van der Waals surface area contributed by atoms with Gasteiger partial charge in [-0.25, -0.2) is 4.79 Å². The lowest BCUT2D eigenvalue weighted by Gasteiger charge is -2.37. The number of carboxylic acid groups (broad SMARTS) is 1. The van der Waals surface area contributed by atoms with Gasteiger partial charge in [0.05, 0.1) is 43.7 Å². The van der Waals surface area contributed by atoms with Crippen molar-refractivity contribution in [3.05, 3.63) is 102 Å². The van der Waals surface area contributed by atoms with Crippen LogP contribution in [-0.2, 0) is 52.7 Å². The predicted molar refractivity (Wildman–Crippen MR) is 200 cm³/mol.